The Morgan fingerprint density at radius 3 is 2.08 bits per heavy atom. The van der Waals surface area contributed by atoms with Crippen LogP contribution in [0.4, 0.5) is 0 Å². The molecule has 0 heterocycles. The first kappa shape index (κ1) is 14.6. The Labute approximate surface area is 77.3 Å². The molecule has 2 atom stereocenters. The number of aliphatic hydroxyl groups excluding tert-OH is 2. The summed E-state index contributed by atoms with van der Waals surface area (Å²) in [5.74, 6) is -1.16. The van der Waals surface area contributed by atoms with Crippen LogP contribution < -0.4 is 0 Å². The number of hydrogen-bond donors (Lipinski definition) is 2. The van der Waals surface area contributed by atoms with Gasteiger partial charge in [0.05, 0.1) is 6.61 Å². The van der Waals surface area contributed by atoms with Gasteiger partial charge < -0.3 is 14.9 Å². The largest absolute Gasteiger partial charge is 0.452 e. The highest BCUT2D eigenvalue weighted by atomic mass is 16.6. The average molecular weight is 192 g/mol. The average Bonchev–Trinajstić information content (AvgIpc) is 1.98. The highest BCUT2D eigenvalue weighted by Crippen LogP contribution is 2.01. The van der Waals surface area contributed by atoms with Crippen molar-refractivity contribution in [3.8, 4) is 0 Å². The van der Waals surface area contributed by atoms with E-state index in [-0.39, 0.29) is 7.43 Å². The molecule has 0 aliphatic rings. The van der Waals surface area contributed by atoms with Crippen molar-refractivity contribution in [3.63, 3.8) is 0 Å². The summed E-state index contributed by atoms with van der Waals surface area (Å²) in [6.07, 6.45) is -2.60. The first-order valence-electron chi connectivity index (χ1n) is 3.45. The summed E-state index contributed by atoms with van der Waals surface area (Å²) in [6, 6.07) is 0. The standard InChI is InChI=1S/C7H12O5.CH4/c1-4(9)7(6(11)3-8)12-5(2)10;/h6-8,11H,3H2,1-2H3;1H4. The molecule has 0 amide bonds. The van der Waals surface area contributed by atoms with Gasteiger partial charge in [-0.15, -0.1) is 0 Å². The minimum Gasteiger partial charge on any atom is -0.452 e. The molecule has 0 radical (unpaired) electrons. The van der Waals surface area contributed by atoms with Crippen molar-refractivity contribution in [2.24, 2.45) is 0 Å². The summed E-state index contributed by atoms with van der Waals surface area (Å²) in [5.41, 5.74) is 0. The lowest BCUT2D eigenvalue weighted by molar-refractivity contribution is -0.160. The predicted octanol–water partition coefficient (Wildman–Crippen LogP) is -0.504. The summed E-state index contributed by atoms with van der Waals surface area (Å²) < 4.78 is 4.47. The SMILES string of the molecule is C.CC(=O)OC(C(C)=O)C(O)CO. The van der Waals surface area contributed by atoms with Crippen LogP contribution in [0.5, 0.6) is 0 Å². The number of ether oxygens (including phenoxy) is 1. The molecule has 0 aromatic rings. The van der Waals surface area contributed by atoms with Gasteiger partial charge in [0, 0.05) is 6.92 Å². The third-order valence-electron chi connectivity index (χ3n) is 1.23. The van der Waals surface area contributed by atoms with Crippen LogP contribution in [-0.4, -0.2) is 40.8 Å². The molecule has 5 heteroatoms. The van der Waals surface area contributed by atoms with Gasteiger partial charge in [0.15, 0.2) is 11.9 Å². The second kappa shape index (κ2) is 6.56. The lowest BCUT2D eigenvalue weighted by Crippen LogP contribution is -2.38. The summed E-state index contributed by atoms with van der Waals surface area (Å²) >= 11 is 0. The molecule has 0 fully saturated rings. The van der Waals surface area contributed by atoms with Gasteiger partial charge in [-0.2, -0.15) is 0 Å². The maximum absolute atomic E-state index is 10.7. The second-order valence-corrected chi connectivity index (χ2v) is 2.39. The Kier molecular flexibility index (Phi) is 7.36. The highest BCUT2D eigenvalue weighted by Gasteiger charge is 2.25. The fraction of sp³-hybridized carbons (Fsp3) is 0.750. The van der Waals surface area contributed by atoms with Crippen molar-refractivity contribution in [1.29, 1.82) is 0 Å². The van der Waals surface area contributed by atoms with Crippen molar-refractivity contribution in [2.75, 3.05) is 6.61 Å². The number of esters is 1. The van der Waals surface area contributed by atoms with Crippen molar-refractivity contribution >= 4 is 11.8 Å². The molecular weight excluding hydrogens is 176 g/mol. The van der Waals surface area contributed by atoms with Crippen LogP contribution in [0.2, 0.25) is 0 Å². The minimum atomic E-state index is -1.34. The van der Waals surface area contributed by atoms with Gasteiger partial charge in [-0.3, -0.25) is 9.59 Å². The van der Waals surface area contributed by atoms with Crippen LogP contribution in [0, 0.1) is 0 Å². The first-order valence-corrected chi connectivity index (χ1v) is 3.45. The summed E-state index contributed by atoms with van der Waals surface area (Å²) in [4.78, 5) is 21.1. The fourth-order valence-corrected chi connectivity index (χ4v) is 0.707. The lowest BCUT2D eigenvalue weighted by Gasteiger charge is -2.17. The second-order valence-electron chi connectivity index (χ2n) is 2.39. The van der Waals surface area contributed by atoms with Crippen LogP contribution in [0.15, 0.2) is 0 Å². The van der Waals surface area contributed by atoms with Gasteiger partial charge in [0.1, 0.15) is 6.10 Å². The number of hydrogen-bond acceptors (Lipinski definition) is 5. The van der Waals surface area contributed by atoms with E-state index in [1.54, 1.807) is 0 Å². The summed E-state index contributed by atoms with van der Waals surface area (Å²) in [7, 11) is 0. The van der Waals surface area contributed by atoms with Crippen LogP contribution in [0.1, 0.15) is 21.3 Å². The van der Waals surface area contributed by atoms with E-state index in [1.807, 2.05) is 0 Å². The van der Waals surface area contributed by atoms with E-state index >= 15 is 0 Å². The highest BCUT2D eigenvalue weighted by molar-refractivity contribution is 5.83. The van der Waals surface area contributed by atoms with Crippen LogP contribution in [-0.2, 0) is 14.3 Å². The Morgan fingerprint density at radius 1 is 1.38 bits per heavy atom. The normalized spacial score (nSPS) is 13.8. The molecular formula is C8H16O5. The monoisotopic (exact) mass is 192 g/mol. The molecule has 2 unspecified atom stereocenters. The Morgan fingerprint density at radius 2 is 1.85 bits per heavy atom. The van der Waals surface area contributed by atoms with E-state index in [9.17, 15) is 9.59 Å². The number of Topliss-reactive ketones (excluding diaryl/α,β-unsaturated/α-hetero) is 1. The maximum Gasteiger partial charge on any atom is 0.303 e. The molecule has 5 nitrogen and oxygen atoms in total. The van der Waals surface area contributed by atoms with E-state index in [0.29, 0.717) is 0 Å². The van der Waals surface area contributed by atoms with E-state index < -0.39 is 30.6 Å². The number of rotatable bonds is 4. The van der Waals surface area contributed by atoms with Crippen molar-refractivity contribution in [3.05, 3.63) is 0 Å². The zero-order valence-corrected chi connectivity index (χ0v) is 6.98. The number of carbonyl (C=O) groups is 2. The minimum absolute atomic E-state index is 0. The first-order chi connectivity index (χ1) is 5.49. The smallest absolute Gasteiger partial charge is 0.303 e. The van der Waals surface area contributed by atoms with Gasteiger partial charge >= 0.3 is 5.97 Å². The number of aliphatic hydroxyl groups is 2. The van der Waals surface area contributed by atoms with Gasteiger partial charge in [0.25, 0.3) is 0 Å². The van der Waals surface area contributed by atoms with E-state index in [0.717, 1.165) is 6.92 Å². The molecule has 0 rings (SSSR count). The number of ketones is 1. The predicted molar refractivity (Wildman–Crippen MR) is 46.1 cm³/mol. The Bertz CT molecular complexity index is 177. The maximum atomic E-state index is 10.7. The summed E-state index contributed by atoms with van der Waals surface area (Å²) in [5, 5.41) is 17.5. The molecule has 0 saturated carbocycles. The van der Waals surface area contributed by atoms with Crippen molar-refractivity contribution < 1.29 is 24.5 Å². The Hall–Kier alpha value is -0.940. The van der Waals surface area contributed by atoms with Gasteiger partial charge in [-0.25, -0.2) is 0 Å². The van der Waals surface area contributed by atoms with Crippen molar-refractivity contribution in [1.82, 2.24) is 0 Å². The van der Waals surface area contributed by atoms with Gasteiger partial charge in [-0.1, -0.05) is 7.43 Å². The van der Waals surface area contributed by atoms with Crippen molar-refractivity contribution in [2.45, 2.75) is 33.5 Å². The summed E-state index contributed by atoms with van der Waals surface area (Å²) in [6.45, 7) is 1.68. The molecule has 0 bridgehead atoms. The molecule has 0 aromatic carbocycles. The number of carbonyl (C=O) groups excluding carboxylic acids is 2. The molecule has 0 aliphatic heterocycles. The van der Waals surface area contributed by atoms with Gasteiger partial charge in [0.2, 0.25) is 0 Å². The van der Waals surface area contributed by atoms with Crippen LogP contribution >= 0.6 is 0 Å². The zero-order chi connectivity index (χ0) is 9.72. The van der Waals surface area contributed by atoms with Crippen LogP contribution in [0.3, 0.4) is 0 Å². The topological polar surface area (TPSA) is 83.8 Å². The molecule has 13 heavy (non-hydrogen) atoms. The lowest BCUT2D eigenvalue weighted by atomic mass is 10.1. The third kappa shape index (κ3) is 5.32. The van der Waals surface area contributed by atoms with E-state index in [2.05, 4.69) is 4.74 Å². The molecule has 2 N–H and O–H groups in total. The zero-order valence-electron chi connectivity index (χ0n) is 6.98. The molecule has 0 saturated heterocycles. The molecule has 0 spiro atoms. The molecule has 78 valence electrons. The van der Waals surface area contributed by atoms with Crippen LogP contribution in [0.25, 0.3) is 0 Å². The molecule has 0 aromatic heterocycles. The quantitative estimate of drug-likeness (QED) is 0.586. The van der Waals surface area contributed by atoms with E-state index in [4.69, 9.17) is 10.2 Å². The fourth-order valence-electron chi connectivity index (χ4n) is 0.707. The van der Waals surface area contributed by atoms with E-state index in [1.165, 1.54) is 6.92 Å². The molecule has 0 aliphatic carbocycles. The van der Waals surface area contributed by atoms with Gasteiger partial charge in [-0.05, 0) is 6.92 Å². The third-order valence-corrected chi connectivity index (χ3v) is 1.23. The Balaban J connectivity index is 0.